The molecule has 2 rings (SSSR count). The van der Waals surface area contributed by atoms with Crippen LogP contribution >= 0.6 is 28.3 Å². The maximum Gasteiger partial charge on any atom is 0.244 e. The van der Waals surface area contributed by atoms with Crippen LogP contribution in [0.1, 0.15) is 6.42 Å². The summed E-state index contributed by atoms with van der Waals surface area (Å²) in [5.41, 5.74) is 5.78. The Kier molecular flexibility index (Phi) is 6.30. The summed E-state index contributed by atoms with van der Waals surface area (Å²) in [7, 11) is -0.625. The standard InChI is InChI=1S/C12H17BrN2O4S.ClH/c1-18-10-5-9(13)12(6-11(10)19-2)20(16,17)15-4-3-8(14)7-15;/h5-6,8H,3-4,7,14H2,1-2H3;1H. The SMILES string of the molecule is COc1cc(Br)c(S(=O)(=O)N2CCC(N)C2)cc1OC.Cl. The van der Waals surface area contributed by atoms with Crippen LogP contribution in [0.25, 0.3) is 0 Å². The fraction of sp³-hybridized carbons (Fsp3) is 0.500. The molecule has 1 heterocycles. The Bertz CT molecular complexity index is 612. The van der Waals surface area contributed by atoms with Gasteiger partial charge in [0.1, 0.15) is 4.90 Å². The molecule has 21 heavy (non-hydrogen) atoms. The molecule has 1 aromatic rings. The molecule has 9 heteroatoms. The van der Waals surface area contributed by atoms with Crippen molar-refractivity contribution in [3.63, 3.8) is 0 Å². The van der Waals surface area contributed by atoms with Gasteiger partial charge in [0.15, 0.2) is 11.5 Å². The van der Waals surface area contributed by atoms with E-state index in [1.807, 2.05) is 0 Å². The van der Waals surface area contributed by atoms with E-state index in [9.17, 15) is 8.42 Å². The number of ether oxygens (including phenoxy) is 2. The van der Waals surface area contributed by atoms with E-state index in [1.54, 1.807) is 6.07 Å². The summed E-state index contributed by atoms with van der Waals surface area (Å²) < 4.78 is 37.4. The minimum absolute atomic E-state index is 0. The minimum Gasteiger partial charge on any atom is -0.493 e. The zero-order valence-corrected chi connectivity index (χ0v) is 14.9. The lowest BCUT2D eigenvalue weighted by Crippen LogP contribution is -2.32. The van der Waals surface area contributed by atoms with Gasteiger partial charge in [-0.15, -0.1) is 12.4 Å². The molecule has 1 aliphatic rings. The molecule has 1 aliphatic heterocycles. The lowest BCUT2D eigenvalue weighted by atomic mass is 10.3. The molecule has 6 nitrogen and oxygen atoms in total. The molecule has 120 valence electrons. The van der Waals surface area contributed by atoms with Crippen molar-refractivity contribution in [1.82, 2.24) is 4.31 Å². The Balaban J connectivity index is 0.00000220. The van der Waals surface area contributed by atoms with Crippen molar-refractivity contribution >= 4 is 38.4 Å². The van der Waals surface area contributed by atoms with E-state index in [1.165, 1.54) is 24.6 Å². The van der Waals surface area contributed by atoms with E-state index in [0.29, 0.717) is 35.5 Å². The molecule has 0 amide bonds. The summed E-state index contributed by atoms with van der Waals surface area (Å²) in [6.45, 7) is 0.771. The third-order valence-electron chi connectivity index (χ3n) is 3.24. The van der Waals surface area contributed by atoms with Crippen LogP contribution in [-0.2, 0) is 10.0 Å². The van der Waals surface area contributed by atoms with Gasteiger partial charge in [0, 0.05) is 29.7 Å². The first kappa shape index (κ1) is 18.5. The van der Waals surface area contributed by atoms with E-state index in [2.05, 4.69) is 15.9 Å². The number of benzene rings is 1. The van der Waals surface area contributed by atoms with Crippen molar-refractivity contribution < 1.29 is 17.9 Å². The molecule has 1 unspecified atom stereocenters. The van der Waals surface area contributed by atoms with Gasteiger partial charge >= 0.3 is 0 Å². The molecule has 0 aromatic heterocycles. The van der Waals surface area contributed by atoms with Crippen LogP contribution in [0.2, 0.25) is 0 Å². The fourth-order valence-electron chi connectivity index (χ4n) is 2.14. The van der Waals surface area contributed by atoms with E-state index in [-0.39, 0.29) is 23.3 Å². The Morgan fingerprint density at radius 2 is 1.86 bits per heavy atom. The smallest absolute Gasteiger partial charge is 0.244 e. The predicted octanol–water partition coefficient (Wildman–Crippen LogP) is 1.61. The third kappa shape index (κ3) is 3.62. The number of hydrogen-bond acceptors (Lipinski definition) is 5. The maximum absolute atomic E-state index is 12.6. The van der Waals surface area contributed by atoms with Crippen molar-refractivity contribution in [1.29, 1.82) is 0 Å². The quantitative estimate of drug-likeness (QED) is 0.829. The highest BCUT2D eigenvalue weighted by molar-refractivity contribution is 9.10. The zero-order chi connectivity index (χ0) is 14.9. The fourth-order valence-corrected chi connectivity index (χ4v) is 4.65. The molecule has 1 fully saturated rings. The van der Waals surface area contributed by atoms with E-state index < -0.39 is 10.0 Å². The molecule has 1 atom stereocenters. The first-order chi connectivity index (χ1) is 9.40. The van der Waals surface area contributed by atoms with Gasteiger partial charge in [0.2, 0.25) is 10.0 Å². The molecule has 0 radical (unpaired) electrons. The first-order valence-corrected chi connectivity index (χ1v) is 8.30. The minimum atomic E-state index is -3.59. The summed E-state index contributed by atoms with van der Waals surface area (Å²) in [4.78, 5) is 0.157. The zero-order valence-electron chi connectivity index (χ0n) is 11.7. The largest absolute Gasteiger partial charge is 0.493 e. The van der Waals surface area contributed by atoms with Crippen LogP contribution in [0.5, 0.6) is 11.5 Å². The van der Waals surface area contributed by atoms with Gasteiger partial charge in [-0.25, -0.2) is 8.42 Å². The molecule has 1 aromatic carbocycles. The Hall–Kier alpha value is -0.540. The molecule has 0 bridgehead atoms. The number of hydrogen-bond donors (Lipinski definition) is 1. The highest BCUT2D eigenvalue weighted by atomic mass is 79.9. The third-order valence-corrected chi connectivity index (χ3v) is 6.07. The highest BCUT2D eigenvalue weighted by Crippen LogP contribution is 2.37. The number of halogens is 2. The summed E-state index contributed by atoms with van der Waals surface area (Å²) in [5.74, 6) is 0.842. The summed E-state index contributed by atoms with van der Waals surface area (Å²) in [6, 6.07) is 2.94. The van der Waals surface area contributed by atoms with Gasteiger partial charge < -0.3 is 15.2 Å². The second-order valence-corrected chi connectivity index (χ2v) is 7.31. The van der Waals surface area contributed by atoms with Crippen LogP contribution in [0.15, 0.2) is 21.5 Å². The number of nitrogens with zero attached hydrogens (tertiary/aromatic N) is 1. The second kappa shape index (κ2) is 7.15. The van der Waals surface area contributed by atoms with Gasteiger partial charge in [-0.2, -0.15) is 4.31 Å². The summed E-state index contributed by atoms with van der Waals surface area (Å²) in [5, 5.41) is 0. The number of rotatable bonds is 4. The van der Waals surface area contributed by atoms with Gasteiger partial charge in [-0.1, -0.05) is 0 Å². The predicted molar refractivity (Wildman–Crippen MR) is 85.8 cm³/mol. The molecule has 1 saturated heterocycles. The molecular weight excluding hydrogens is 384 g/mol. The van der Waals surface area contributed by atoms with Gasteiger partial charge in [-0.05, 0) is 28.4 Å². The Labute approximate surface area is 139 Å². The summed E-state index contributed by atoms with van der Waals surface area (Å²) >= 11 is 3.28. The topological polar surface area (TPSA) is 81.9 Å². The summed E-state index contributed by atoms with van der Waals surface area (Å²) in [6.07, 6.45) is 0.671. The molecule has 0 saturated carbocycles. The van der Waals surface area contributed by atoms with E-state index >= 15 is 0 Å². The highest BCUT2D eigenvalue weighted by Gasteiger charge is 2.33. The van der Waals surface area contributed by atoms with Crippen molar-refractivity contribution in [2.75, 3.05) is 27.3 Å². The average Bonchev–Trinajstić information content (AvgIpc) is 2.85. The lowest BCUT2D eigenvalue weighted by Gasteiger charge is -2.18. The van der Waals surface area contributed by atoms with Gasteiger partial charge in [-0.3, -0.25) is 0 Å². The van der Waals surface area contributed by atoms with Gasteiger partial charge in [0.05, 0.1) is 14.2 Å². The molecular formula is C12H18BrClN2O4S. The Morgan fingerprint density at radius 3 is 2.33 bits per heavy atom. The van der Waals surface area contributed by atoms with Crippen LogP contribution < -0.4 is 15.2 Å². The van der Waals surface area contributed by atoms with Crippen LogP contribution in [0, 0.1) is 0 Å². The van der Waals surface area contributed by atoms with Crippen LogP contribution in [0.3, 0.4) is 0 Å². The number of nitrogens with two attached hydrogens (primary N) is 1. The second-order valence-electron chi connectivity index (χ2n) is 4.55. The van der Waals surface area contributed by atoms with Crippen LogP contribution in [0.4, 0.5) is 0 Å². The van der Waals surface area contributed by atoms with Crippen molar-refractivity contribution in [3.05, 3.63) is 16.6 Å². The van der Waals surface area contributed by atoms with Crippen molar-refractivity contribution in [2.45, 2.75) is 17.4 Å². The molecule has 0 aliphatic carbocycles. The Morgan fingerprint density at radius 1 is 1.29 bits per heavy atom. The average molecular weight is 402 g/mol. The normalized spacial score (nSPS) is 19.1. The van der Waals surface area contributed by atoms with E-state index in [4.69, 9.17) is 15.2 Å². The van der Waals surface area contributed by atoms with Gasteiger partial charge in [0.25, 0.3) is 0 Å². The van der Waals surface area contributed by atoms with Crippen molar-refractivity contribution in [3.8, 4) is 11.5 Å². The first-order valence-electron chi connectivity index (χ1n) is 6.07. The maximum atomic E-state index is 12.6. The molecule has 2 N–H and O–H groups in total. The monoisotopic (exact) mass is 400 g/mol. The van der Waals surface area contributed by atoms with Crippen molar-refractivity contribution in [2.24, 2.45) is 5.73 Å². The number of methoxy groups -OCH3 is 2. The van der Waals surface area contributed by atoms with E-state index in [0.717, 1.165) is 0 Å². The molecule has 0 spiro atoms. The number of sulfonamides is 1. The van der Waals surface area contributed by atoms with Crippen LogP contribution in [-0.4, -0.2) is 46.1 Å². The lowest BCUT2D eigenvalue weighted by molar-refractivity contribution is 0.353.